The van der Waals surface area contributed by atoms with Crippen molar-refractivity contribution in [2.45, 2.75) is 26.2 Å². The number of allylic oxidation sites excluding steroid dienone is 2. The average molecular weight is 186 g/mol. The van der Waals surface area contributed by atoms with Crippen molar-refractivity contribution in [1.29, 1.82) is 0 Å². The highest BCUT2D eigenvalue weighted by atomic mass is 14.8. The summed E-state index contributed by atoms with van der Waals surface area (Å²) in [7, 11) is 0. The van der Waals surface area contributed by atoms with E-state index in [0.717, 1.165) is 23.5 Å². The van der Waals surface area contributed by atoms with Gasteiger partial charge < -0.3 is 0 Å². The molecule has 0 bridgehead atoms. The van der Waals surface area contributed by atoms with Gasteiger partial charge in [0.1, 0.15) is 0 Å². The first-order valence-corrected chi connectivity index (χ1v) is 5.01. The minimum atomic E-state index is 0.989. The molecule has 0 saturated carbocycles. The van der Waals surface area contributed by atoms with Crippen LogP contribution < -0.4 is 10.7 Å². The topological polar surface area (TPSA) is 25.8 Å². The van der Waals surface area contributed by atoms with Gasteiger partial charge in [-0.25, -0.2) is 0 Å². The third-order valence-electron chi connectivity index (χ3n) is 2.44. The zero-order valence-electron chi connectivity index (χ0n) is 8.40. The molecule has 14 heavy (non-hydrogen) atoms. The number of aromatic nitrogens is 2. The summed E-state index contributed by atoms with van der Waals surface area (Å²) in [6.07, 6.45) is 13.3. The first-order chi connectivity index (χ1) is 6.88. The SMILES string of the molecule is C\C1=c2/nccn/c2=C/C=C\CCC1. The van der Waals surface area contributed by atoms with E-state index in [1.807, 2.05) is 6.08 Å². The fourth-order valence-electron chi connectivity index (χ4n) is 1.66. The Labute approximate surface area is 83.7 Å². The van der Waals surface area contributed by atoms with Crippen molar-refractivity contribution in [2.24, 2.45) is 0 Å². The Kier molecular flexibility index (Phi) is 2.73. The highest BCUT2D eigenvalue weighted by molar-refractivity contribution is 5.43. The van der Waals surface area contributed by atoms with Gasteiger partial charge in [0.2, 0.25) is 0 Å². The van der Waals surface area contributed by atoms with E-state index in [2.05, 4.69) is 29.0 Å². The molecule has 1 aromatic heterocycles. The maximum atomic E-state index is 4.38. The summed E-state index contributed by atoms with van der Waals surface area (Å²) >= 11 is 0. The maximum Gasteiger partial charge on any atom is 0.0886 e. The van der Waals surface area contributed by atoms with Gasteiger partial charge in [0.05, 0.1) is 10.7 Å². The lowest BCUT2D eigenvalue weighted by Crippen LogP contribution is -2.32. The van der Waals surface area contributed by atoms with Crippen molar-refractivity contribution in [3.63, 3.8) is 0 Å². The molecule has 0 radical (unpaired) electrons. The molecule has 1 aliphatic carbocycles. The van der Waals surface area contributed by atoms with Crippen LogP contribution in [0.4, 0.5) is 0 Å². The largest absolute Gasteiger partial charge is 0.253 e. The van der Waals surface area contributed by atoms with Crippen LogP contribution in [0, 0.1) is 0 Å². The summed E-state index contributed by atoms with van der Waals surface area (Å²) in [6.45, 7) is 2.15. The Morgan fingerprint density at radius 2 is 2.07 bits per heavy atom. The first-order valence-electron chi connectivity index (χ1n) is 5.01. The normalized spacial score (nSPS) is 24.8. The molecule has 1 aliphatic rings. The number of rotatable bonds is 0. The smallest absolute Gasteiger partial charge is 0.0886 e. The molecule has 0 atom stereocenters. The summed E-state index contributed by atoms with van der Waals surface area (Å²) < 4.78 is 0. The standard InChI is InChI=1S/C12H14N2/c1-10-6-4-2-3-5-7-11-12(10)14-9-8-13-11/h3,5,7-9H,2,4,6H2,1H3/b5-3-,11-7+,12-10+. The zero-order valence-corrected chi connectivity index (χ0v) is 8.40. The zero-order chi connectivity index (χ0) is 9.80. The lowest BCUT2D eigenvalue weighted by molar-refractivity contribution is 0.868. The van der Waals surface area contributed by atoms with Crippen molar-refractivity contribution >= 4 is 11.6 Å². The molecule has 0 aliphatic heterocycles. The van der Waals surface area contributed by atoms with Gasteiger partial charge in [-0.05, 0) is 37.8 Å². The molecule has 2 heteroatoms. The summed E-state index contributed by atoms with van der Waals surface area (Å²) in [5, 5.41) is 2.04. The summed E-state index contributed by atoms with van der Waals surface area (Å²) in [4.78, 5) is 8.70. The van der Waals surface area contributed by atoms with Crippen molar-refractivity contribution < 1.29 is 0 Å². The number of fused-ring (bicyclic) bond motifs is 1. The van der Waals surface area contributed by atoms with Crippen LogP contribution in [-0.2, 0) is 0 Å². The van der Waals surface area contributed by atoms with Crippen LogP contribution in [0.1, 0.15) is 26.2 Å². The number of hydrogen-bond acceptors (Lipinski definition) is 2. The molecule has 0 unspecified atom stereocenters. The van der Waals surface area contributed by atoms with Gasteiger partial charge >= 0.3 is 0 Å². The number of hydrogen-bond donors (Lipinski definition) is 0. The molecular formula is C12H14N2. The van der Waals surface area contributed by atoms with Crippen LogP contribution in [0.15, 0.2) is 24.5 Å². The van der Waals surface area contributed by atoms with E-state index in [-0.39, 0.29) is 0 Å². The van der Waals surface area contributed by atoms with Gasteiger partial charge in [-0.3, -0.25) is 9.97 Å². The third kappa shape index (κ3) is 1.90. The van der Waals surface area contributed by atoms with Crippen molar-refractivity contribution in [3.8, 4) is 0 Å². The Balaban J connectivity index is 2.71. The molecule has 1 heterocycles. The van der Waals surface area contributed by atoms with E-state index in [9.17, 15) is 0 Å². The lowest BCUT2D eigenvalue weighted by Gasteiger charge is -1.97. The summed E-state index contributed by atoms with van der Waals surface area (Å²) in [5.74, 6) is 0. The molecule has 2 rings (SSSR count). The first kappa shape index (κ1) is 9.13. The summed E-state index contributed by atoms with van der Waals surface area (Å²) in [6, 6.07) is 0. The predicted molar refractivity (Wildman–Crippen MR) is 57.8 cm³/mol. The molecule has 0 spiro atoms. The quantitative estimate of drug-likeness (QED) is 0.608. The van der Waals surface area contributed by atoms with Crippen LogP contribution in [0.25, 0.3) is 11.6 Å². The molecule has 0 N–H and O–H groups in total. The Bertz CT molecular complexity index is 457. The van der Waals surface area contributed by atoms with Crippen LogP contribution in [0.5, 0.6) is 0 Å². The lowest BCUT2D eigenvalue weighted by atomic mass is 10.1. The van der Waals surface area contributed by atoms with E-state index in [1.54, 1.807) is 12.4 Å². The fourth-order valence-corrected chi connectivity index (χ4v) is 1.66. The van der Waals surface area contributed by atoms with Crippen LogP contribution in [0.2, 0.25) is 0 Å². The molecule has 2 nitrogen and oxygen atoms in total. The maximum absolute atomic E-state index is 4.38. The second-order valence-corrected chi connectivity index (χ2v) is 3.56. The van der Waals surface area contributed by atoms with Crippen molar-refractivity contribution in [3.05, 3.63) is 35.2 Å². The second-order valence-electron chi connectivity index (χ2n) is 3.56. The highest BCUT2D eigenvalue weighted by Gasteiger charge is 1.96. The molecule has 72 valence electrons. The van der Waals surface area contributed by atoms with E-state index < -0.39 is 0 Å². The molecule has 0 fully saturated rings. The summed E-state index contributed by atoms with van der Waals surface area (Å²) in [5.41, 5.74) is 1.34. The fraction of sp³-hybridized carbons (Fsp3) is 0.333. The van der Waals surface area contributed by atoms with Gasteiger partial charge in [-0.15, -0.1) is 0 Å². The van der Waals surface area contributed by atoms with Crippen LogP contribution >= 0.6 is 0 Å². The molecule has 0 amide bonds. The van der Waals surface area contributed by atoms with Gasteiger partial charge in [-0.2, -0.15) is 0 Å². The Hall–Kier alpha value is -1.44. The monoisotopic (exact) mass is 186 g/mol. The van der Waals surface area contributed by atoms with E-state index in [4.69, 9.17) is 0 Å². The number of nitrogens with zero attached hydrogens (tertiary/aromatic N) is 2. The molecule has 0 aromatic carbocycles. The third-order valence-corrected chi connectivity index (χ3v) is 2.44. The van der Waals surface area contributed by atoms with Crippen molar-refractivity contribution in [1.82, 2.24) is 9.97 Å². The van der Waals surface area contributed by atoms with Gasteiger partial charge in [0.25, 0.3) is 0 Å². The van der Waals surface area contributed by atoms with Crippen molar-refractivity contribution in [2.75, 3.05) is 0 Å². The van der Waals surface area contributed by atoms with Crippen LogP contribution in [0.3, 0.4) is 0 Å². The molecule has 1 aromatic rings. The molecule has 0 saturated heterocycles. The molecular weight excluding hydrogens is 172 g/mol. The van der Waals surface area contributed by atoms with Gasteiger partial charge in [-0.1, -0.05) is 12.2 Å². The van der Waals surface area contributed by atoms with Gasteiger partial charge in [0.15, 0.2) is 0 Å². The Morgan fingerprint density at radius 1 is 1.21 bits per heavy atom. The van der Waals surface area contributed by atoms with E-state index in [0.29, 0.717) is 0 Å². The van der Waals surface area contributed by atoms with E-state index >= 15 is 0 Å². The predicted octanol–water partition coefficient (Wildman–Crippen LogP) is 1.17. The minimum absolute atomic E-state index is 0.989. The average Bonchev–Trinajstić information content (AvgIpc) is 2.30. The van der Waals surface area contributed by atoms with Gasteiger partial charge in [0, 0.05) is 12.4 Å². The minimum Gasteiger partial charge on any atom is -0.253 e. The Morgan fingerprint density at radius 3 is 3.00 bits per heavy atom. The highest BCUT2D eigenvalue weighted by Crippen LogP contribution is 2.06. The van der Waals surface area contributed by atoms with E-state index in [1.165, 1.54) is 12.0 Å². The second kappa shape index (κ2) is 4.18. The van der Waals surface area contributed by atoms with Crippen LogP contribution in [-0.4, -0.2) is 9.97 Å².